The third-order valence-corrected chi connectivity index (χ3v) is 9.29. The number of carbonyl (C=O) groups excluding carboxylic acids is 1. The molecule has 0 radical (unpaired) electrons. The fourth-order valence-corrected chi connectivity index (χ4v) is 6.92. The smallest absolute Gasteiger partial charge is 0.318 e. The molecule has 0 bridgehead atoms. The topological polar surface area (TPSA) is 109 Å². The molecule has 44 heavy (non-hydrogen) atoms. The molecule has 3 aromatic rings. The molecule has 2 aromatic carbocycles. The van der Waals surface area contributed by atoms with Crippen molar-refractivity contribution in [2.45, 2.75) is 51.2 Å². The van der Waals surface area contributed by atoms with Crippen LogP contribution in [0.5, 0.6) is 6.01 Å². The van der Waals surface area contributed by atoms with Gasteiger partial charge in [0.05, 0.1) is 37.4 Å². The molecule has 4 heterocycles. The minimum Gasteiger partial charge on any atom is -0.462 e. The number of carbonyl (C=O) groups is 1. The molecule has 2 fully saturated rings. The van der Waals surface area contributed by atoms with Crippen LogP contribution >= 0.6 is 0 Å². The molecule has 0 saturated carbocycles. The number of fused-ring (bicyclic) bond motifs is 2. The van der Waals surface area contributed by atoms with Crippen molar-refractivity contribution in [1.82, 2.24) is 19.8 Å². The standard InChI is InChI=1S/C34H41N7O3/c1-24-7-3-8-25-9-4-11-30(32(24)25)39-17-14-28-29(22-39)36-34(44-23-27-10-5-16-38(27)2)37-33(28)40-18-19-41(26(21-40)13-15-35)31(43)12-6-20-42/h3-4,6-9,11-12,26-27,42H,5,10,13-14,16-23H2,1-2H3/b12-6+/t26-,27+/m0/s1. The van der Waals surface area contributed by atoms with E-state index in [9.17, 15) is 10.1 Å². The minimum absolute atomic E-state index is 0.186. The number of rotatable bonds is 8. The fourth-order valence-electron chi connectivity index (χ4n) is 6.92. The number of likely N-dealkylation sites (tertiary alicyclic amines) is 1. The van der Waals surface area contributed by atoms with E-state index in [4.69, 9.17) is 19.8 Å². The van der Waals surface area contributed by atoms with Gasteiger partial charge in [-0.25, -0.2) is 0 Å². The highest BCUT2D eigenvalue weighted by molar-refractivity contribution is 5.97. The Kier molecular flexibility index (Phi) is 8.96. The maximum absolute atomic E-state index is 12.8. The van der Waals surface area contributed by atoms with E-state index in [1.54, 1.807) is 4.90 Å². The summed E-state index contributed by atoms with van der Waals surface area (Å²) in [4.78, 5) is 31.5. The number of aromatic nitrogens is 2. The molecule has 1 aromatic heterocycles. The van der Waals surface area contributed by atoms with Crippen molar-refractivity contribution in [3.63, 3.8) is 0 Å². The average molecular weight is 596 g/mol. The predicted octanol–water partition coefficient (Wildman–Crippen LogP) is 3.45. The minimum atomic E-state index is -0.287. The highest BCUT2D eigenvalue weighted by Crippen LogP contribution is 2.36. The lowest BCUT2D eigenvalue weighted by molar-refractivity contribution is -0.128. The zero-order chi connectivity index (χ0) is 30.6. The first-order chi connectivity index (χ1) is 21.5. The summed E-state index contributed by atoms with van der Waals surface area (Å²) in [7, 11) is 2.13. The van der Waals surface area contributed by atoms with Crippen LogP contribution in [0.2, 0.25) is 0 Å². The summed E-state index contributed by atoms with van der Waals surface area (Å²) in [5.41, 5.74) is 4.53. The second kappa shape index (κ2) is 13.2. The molecule has 230 valence electrons. The first-order valence-electron chi connectivity index (χ1n) is 15.6. The lowest BCUT2D eigenvalue weighted by atomic mass is 9.99. The van der Waals surface area contributed by atoms with Gasteiger partial charge in [0.15, 0.2) is 0 Å². The highest BCUT2D eigenvalue weighted by Gasteiger charge is 2.34. The van der Waals surface area contributed by atoms with E-state index < -0.39 is 0 Å². The third-order valence-electron chi connectivity index (χ3n) is 9.29. The summed E-state index contributed by atoms with van der Waals surface area (Å²) in [6.45, 7) is 6.59. The summed E-state index contributed by atoms with van der Waals surface area (Å²) < 4.78 is 6.31. The van der Waals surface area contributed by atoms with Gasteiger partial charge in [-0.2, -0.15) is 15.2 Å². The number of hydrogen-bond acceptors (Lipinski definition) is 9. The molecule has 0 aliphatic carbocycles. The molecule has 2 atom stereocenters. The average Bonchev–Trinajstić information content (AvgIpc) is 3.46. The van der Waals surface area contributed by atoms with Crippen LogP contribution in [-0.2, 0) is 17.8 Å². The Morgan fingerprint density at radius 2 is 1.95 bits per heavy atom. The zero-order valence-electron chi connectivity index (χ0n) is 25.7. The molecule has 2 saturated heterocycles. The van der Waals surface area contributed by atoms with Crippen LogP contribution in [0.15, 0.2) is 48.6 Å². The summed E-state index contributed by atoms with van der Waals surface area (Å²) >= 11 is 0. The van der Waals surface area contributed by atoms with E-state index in [2.05, 4.69) is 71.1 Å². The second-order valence-corrected chi connectivity index (χ2v) is 12.0. The molecule has 3 aliphatic heterocycles. The van der Waals surface area contributed by atoms with Crippen LogP contribution in [-0.4, -0.2) is 95.9 Å². The molecule has 1 N–H and O–H groups in total. The van der Waals surface area contributed by atoms with Gasteiger partial charge < -0.3 is 29.4 Å². The number of aliphatic hydroxyl groups is 1. The van der Waals surface area contributed by atoms with Crippen molar-refractivity contribution in [3.05, 3.63) is 65.4 Å². The van der Waals surface area contributed by atoms with E-state index in [1.165, 1.54) is 34.2 Å². The van der Waals surface area contributed by atoms with Crippen molar-refractivity contribution in [3.8, 4) is 12.1 Å². The van der Waals surface area contributed by atoms with Crippen LogP contribution in [0.4, 0.5) is 11.5 Å². The van der Waals surface area contributed by atoms with Crippen LogP contribution in [0.25, 0.3) is 10.8 Å². The number of piperazine rings is 1. The number of nitriles is 1. The van der Waals surface area contributed by atoms with Gasteiger partial charge in [0.1, 0.15) is 12.4 Å². The Morgan fingerprint density at radius 1 is 1.11 bits per heavy atom. The van der Waals surface area contributed by atoms with Gasteiger partial charge in [0.25, 0.3) is 0 Å². The van der Waals surface area contributed by atoms with Crippen molar-refractivity contribution >= 4 is 28.2 Å². The monoisotopic (exact) mass is 595 g/mol. The van der Waals surface area contributed by atoms with E-state index in [0.29, 0.717) is 44.8 Å². The van der Waals surface area contributed by atoms with Gasteiger partial charge in [-0.15, -0.1) is 0 Å². The van der Waals surface area contributed by atoms with Crippen LogP contribution in [0.3, 0.4) is 0 Å². The van der Waals surface area contributed by atoms with Gasteiger partial charge in [-0.05, 0) is 56.8 Å². The number of anilines is 2. The maximum atomic E-state index is 12.8. The third kappa shape index (κ3) is 6.07. The number of ether oxygens (including phenoxy) is 1. The maximum Gasteiger partial charge on any atom is 0.318 e. The molecule has 0 spiro atoms. The van der Waals surface area contributed by atoms with Gasteiger partial charge in [-0.1, -0.05) is 36.4 Å². The summed E-state index contributed by atoms with van der Waals surface area (Å²) in [6.07, 6.45) is 6.08. The quantitative estimate of drug-likeness (QED) is 0.392. The molecule has 0 unspecified atom stereocenters. The number of likely N-dealkylation sites (N-methyl/N-ethyl adjacent to an activating group) is 1. The Labute approximate surface area is 259 Å². The Morgan fingerprint density at radius 3 is 2.73 bits per heavy atom. The largest absolute Gasteiger partial charge is 0.462 e. The summed E-state index contributed by atoms with van der Waals surface area (Å²) in [6, 6.07) is 15.6. The molecule has 1 amide bonds. The lowest BCUT2D eigenvalue weighted by Gasteiger charge is -2.42. The van der Waals surface area contributed by atoms with E-state index >= 15 is 0 Å². The summed E-state index contributed by atoms with van der Waals surface area (Å²) in [5, 5.41) is 21.2. The second-order valence-electron chi connectivity index (χ2n) is 12.0. The Bertz CT molecular complexity index is 1580. The van der Waals surface area contributed by atoms with Gasteiger partial charge >= 0.3 is 6.01 Å². The number of amides is 1. The van der Waals surface area contributed by atoms with Crippen molar-refractivity contribution < 1.29 is 14.6 Å². The molecule has 10 heteroatoms. The zero-order valence-corrected chi connectivity index (χ0v) is 25.7. The fraction of sp³-hybridized carbons (Fsp3) is 0.471. The normalized spacial score (nSPS) is 20.7. The molecular formula is C34H41N7O3. The van der Waals surface area contributed by atoms with Crippen LogP contribution in [0.1, 0.15) is 36.1 Å². The summed E-state index contributed by atoms with van der Waals surface area (Å²) in [5.74, 6) is 0.661. The number of aliphatic hydroxyl groups excluding tert-OH is 1. The van der Waals surface area contributed by atoms with Crippen molar-refractivity contribution in [2.75, 3.05) is 62.8 Å². The molecule has 3 aliphatic rings. The van der Waals surface area contributed by atoms with Crippen LogP contribution < -0.4 is 14.5 Å². The Hall–Kier alpha value is -4.20. The van der Waals surface area contributed by atoms with Crippen molar-refractivity contribution in [1.29, 1.82) is 5.26 Å². The predicted molar refractivity (Wildman–Crippen MR) is 171 cm³/mol. The van der Waals surface area contributed by atoms with E-state index in [0.717, 1.165) is 49.4 Å². The number of aryl methyl sites for hydroxylation is 1. The number of nitrogens with zero attached hydrogens (tertiary/aromatic N) is 7. The van der Waals surface area contributed by atoms with E-state index in [-0.39, 0.29) is 25.0 Å². The van der Waals surface area contributed by atoms with Gasteiger partial charge in [-0.3, -0.25) is 4.79 Å². The first kappa shape index (κ1) is 29.9. The number of hydrogen-bond donors (Lipinski definition) is 1. The van der Waals surface area contributed by atoms with Crippen molar-refractivity contribution in [2.24, 2.45) is 0 Å². The molecule has 6 rings (SSSR count). The molecular weight excluding hydrogens is 554 g/mol. The Balaban J connectivity index is 1.32. The first-order valence-corrected chi connectivity index (χ1v) is 15.6. The SMILES string of the molecule is Cc1cccc2cccc(N3CCc4c(nc(OC[C@H]5CCCN5C)nc4N4CCN(C(=O)/C=C/CO)[C@@H](CC#N)C4)C3)c12. The lowest BCUT2D eigenvalue weighted by Crippen LogP contribution is -2.55. The number of benzene rings is 2. The van der Waals surface area contributed by atoms with Crippen LogP contribution in [0, 0.1) is 18.3 Å². The highest BCUT2D eigenvalue weighted by atomic mass is 16.5. The van der Waals surface area contributed by atoms with E-state index in [1.807, 2.05) is 0 Å². The van der Waals surface area contributed by atoms with Gasteiger partial charge in [0, 0.05) is 54.9 Å². The molecule has 10 nitrogen and oxygen atoms in total. The van der Waals surface area contributed by atoms with Gasteiger partial charge in [0.2, 0.25) is 5.91 Å².